The van der Waals surface area contributed by atoms with Gasteiger partial charge in [-0.3, -0.25) is 4.79 Å². The number of halogens is 1. The Kier molecular flexibility index (Phi) is 5.97. The molecule has 0 atom stereocenters. The molecule has 0 aliphatic carbocycles. The second kappa shape index (κ2) is 6.48. The lowest BCUT2D eigenvalue weighted by molar-refractivity contribution is -0.148. The molecule has 0 N–H and O–H groups in total. The minimum absolute atomic E-state index is 0.0184. The fourth-order valence-corrected chi connectivity index (χ4v) is 0.529. The first-order valence-corrected chi connectivity index (χ1v) is 4.15. The number of esters is 2. The Morgan fingerprint density at radius 2 is 1.85 bits per heavy atom. The molecule has 4 nitrogen and oxygen atoms in total. The molecule has 0 radical (unpaired) electrons. The average Bonchev–Trinajstić information content (AvgIpc) is 2.11. The molecule has 0 heterocycles. The summed E-state index contributed by atoms with van der Waals surface area (Å²) in [6.45, 7) is 4.96. The van der Waals surface area contributed by atoms with Gasteiger partial charge in [-0.15, -0.1) is 11.6 Å². The maximum Gasteiger partial charge on any atom is 0.333 e. The average molecular weight is 207 g/mol. The van der Waals surface area contributed by atoms with Crippen molar-refractivity contribution in [3.63, 3.8) is 0 Å². The van der Waals surface area contributed by atoms with E-state index >= 15 is 0 Å². The summed E-state index contributed by atoms with van der Waals surface area (Å²) in [5, 5.41) is 0. The molecule has 0 aromatic rings. The Morgan fingerprint density at radius 3 is 2.31 bits per heavy atom. The number of carbonyl (C=O) groups is 2. The van der Waals surface area contributed by atoms with E-state index in [1.807, 2.05) is 0 Å². The van der Waals surface area contributed by atoms with E-state index in [9.17, 15) is 9.59 Å². The quantitative estimate of drug-likeness (QED) is 0.290. The van der Waals surface area contributed by atoms with Crippen molar-refractivity contribution >= 4 is 23.5 Å². The maximum absolute atomic E-state index is 10.8. The van der Waals surface area contributed by atoms with E-state index < -0.39 is 11.9 Å². The molecule has 74 valence electrons. The highest BCUT2D eigenvalue weighted by molar-refractivity contribution is 6.26. The second-order valence-corrected chi connectivity index (χ2v) is 2.54. The lowest BCUT2D eigenvalue weighted by atomic mass is 10.4. The molecular weight excluding hydrogens is 196 g/mol. The highest BCUT2D eigenvalue weighted by atomic mass is 35.5. The van der Waals surface area contributed by atoms with Crippen molar-refractivity contribution in [2.75, 3.05) is 19.1 Å². The molecule has 0 unspecified atom stereocenters. The first-order chi connectivity index (χ1) is 6.07. The number of carbonyl (C=O) groups excluding carboxylic acids is 2. The van der Waals surface area contributed by atoms with Crippen LogP contribution in [0.1, 0.15) is 6.92 Å². The zero-order valence-electron chi connectivity index (χ0n) is 7.34. The third kappa shape index (κ3) is 6.16. The first kappa shape index (κ1) is 12.0. The van der Waals surface area contributed by atoms with Crippen LogP contribution in [0.25, 0.3) is 0 Å². The summed E-state index contributed by atoms with van der Waals surface area (Å²) >= 11 is 5.15. The van der Waals surface area contributed by atoms with Crippen molar-refractivity contribution in [3.05, 3.63) is 12.2 Å². The summed E-state index contributed by atoms with van der Waals surface area (Å²) in [5.74, 6) is -1.23. The van der Waals surface area contributed by atoms with Crippen molar-refractivity contribution in [3.8, 4) is 0 Å². The zero-order valence-corrected chi connectivity index (χ0v) is 8.10. The molecule has 0 fully saturated rings. The number of hydrogen-bond donors (Lipinski definition) is 0. The van der Waals surface area contributed by atoms with Gasteiger partial charge in [0.05, 0.1) is 0 Å². The van der Waals surface area contributed by atoms with E-state index in [0.29, 0.717) is 5.57 Å². The largest absolute Gasteiger partial charge is 0.461 e. The molecule has 0 spiro atoms. The van der Waals surface area contributed by atoms with Crippen molar-refractivity contribution in [1.29, 1.82) is 0 Å². The normalized spacial score (nSPS) is 9.08. The zero-order chi connectivity index (χ0) is 10.3. The van der Waals surface area contributed by atoms with Crippen LogP contribution in [0, 0.1) is 0 Å². The van der Waals surface area contributed by atoms with Crippen LogP contribution in [0.2, 0.25) is 0 Å². The lowest BCUT2D eigenvalue weighted by Gasteiger charge is -2.04. The van der Waals surface area contributed by atoms with E-state index in [4.69, 9.17) is 11.6 Å². The van der Waals surface area contributed by atoms with Crippen molar-refractivity contribution < 1.29 is 19.1 Å². The Bertz CT molecular complexity index is 212. The van der Waals surface area contributed by atoms with Gasteiger partial charge >= 0.3 is 11.9 Å². The van der Waals surface area contributed by atoms with Gasteiger partial charge in [-0.05, 0) is 6.92 Å². The van der Waals surface area contributed by atoms with E-state index in [-0.39, 0.29) is 19.1 Å². The van der Waals surface area contributed by atoms with Gasteiger partial charge in [-0.1, -0.05) is 6.58 Å². The maximum atomic E-state index is 10.8. The van der Waals surface area contributed by atoms with Crippen LogP contribution in [0.15, 0.2) is 12.2 Å². The lowest BCUT2D eigenvalue weighted by Crippen LogP contribution is -2.14. The SMILES string of the molecule is C=C(C)C(=O)OCCOC(=O)CCl. The molecule has 0 aromatic carbocycles. The summed E-state index contributed by atoms with van der Waals surface area (Å²) in [5.41, 5.74) is 0.309. The van der Waals surface area contributed by atoms with Gasteiger partial charge < -0.3 is 9.47 Å². The molecule has 0 bridgehead atoms. The predicted molar refractivity (Wildman–Crippen MR) is 47.5 cm³/mol. The molecular formula is C8H11ClO4. The van der Waals surface area contributed by atoms with Crippen LogP contribution >= 0.6 is 11.6 Å². The Morgan fingerprint density at radius 1 is 1.31 bits per heavy atom. The number of alkyl halides is 1. The molecule has 0 amide bonds. The number of rotatable bonds is 5. The fourth-order valence-electron chi connectivity index (χ4n) is 0.452. The monoisotopic (exact) mass is 206 g/mol. The Labute approximate surface area is 81.5 Å². The van der Waals surface area contributed by atoms with Gasteiger partial charge in [0, 0.05) is 5.57 Å². The molecule has 13 heavy (non-hydrogen) atoms. The van der Waals surface area contributed by atoms with E-state index in [1.165, 1.54) is 6.92 Å². The van der Waals surface area contributed by atoms with Crippen molar-refractivity contribution in [1.82, 2.24) is 0 Å². The summed E-state index contributed by atoms with van der Waals surface area (Å²) in [7, 11) is 0. The van der Waals surface area contributed by atoms with Crippen LogP contribution in [0.5, 0.6) is 0 Å². The predicted octanol–water partition coefficient (Wildman–Crippen LogP) is 0.888. The summed E-state index contributed by atoms with van der Waals surface area (Å²) < 4.78 is 9.18. The molecule has 5 heteroatoms. The molecule has 0 saturated heterocycles. The summed E-state index contributed by atoms with van der Waals surface area (Å²) in [6, 6.07) is 0. The van der Waals surface area contributed by atoms with Gasteiger partial charge in [0.1, 0.15) is 19.1 Å². The van der Waals surface area contributed by atoms with Crippen LogP contribution in [0.4, 0.5) is 0 Å². The van der Waals surface area contributed by atoms with Gasteiger partial charge in [-0.2, -0.15) is 0 Å². The molecule has 0 aliphatic rings. The van der Waals surface area contributed by atoms with Gasteiger partial charge in [0.2, 0.25) is 0 Å². The Hall–Kier alpha value is -1.03. The third-order valence-electron chi connectivity index (χ3n) is 1.04. The fraction of sp³-hybridized carbons (Fsp3) is 0.500. The van der Waals surface area contributed by atoms with Gasteiger partial charge in [-0.25, -0.2) is 4.79 Å². The smallest absolute Gasteiger partial charge is 0.333 e. The van der Waals surface area contributed by atoms with Crippen LogP contribution < -0.4 is 0 Å². The molecule has 0 aliphatic heterocycles. The molecule has 0 aromatic heterocycles. The standard InChI is InChI=1S/C8H11ClO4/c1-6(2)8(11)13-4-3-12-7(10)5-9/h1,3-5H2,2H3. The van der Waals surface area contributed by atoms with Crippen LogP contribution in [-0.2, 0) is 19.1 Å². The van der Waals surface area contributed by atoms with Gasteiger partial charge in [0.15, 0.2) is 0 Å². The first-order valence-electron chi connectivity index (χ1n) is 3.62. The van der Waals surface area contributed by atoms with E-state index in [2.05, 4.69) is 16.1 Å². The van der Waals surface area contributed by atoms with Crippen LogP contribution in [-0.4, -0.2) is 31.0 Å². The van der Waals surface area contributed by atoms with Crippen LogP contribution in [0.3, 0.4) is 0 Å². The summed E-state index contributed by atoms with van der Waals surface area (Å²) in [4.78, 5) is 21.2. The summed E-state index contributed by atoms with van der Waals surface area (Å²) in [6.07, 6.45) is 0. The Balaban J connectivity index is 3.41. The minimum Gasteiger partial charge on any atom is -0.461 e. The van der Waals surface area contributed by atoms with Crippen molar-refractivity contribution in [2.24, 2.45) is 0 Å². The number of ether oxygens (including phenoxy) is 2. The topological polar surface area (TPSA) is 52.6 Å². The highest BCUT2D eigenvalue weighted by Crippen LogP contribution is 1.92. The van der Waals surface area contributed by atoms with Gasteiger partial charge in [0.25, 0.3) is 0 Å². The highest BCUT2D eigenvalue weighted by Gasteiger charge is 2.03. The van der Waals surface area contributed by atoms with E-state index in [1.54, 1.807) is 0 Å². The minimum atomic E-state index is -0.534. The third-order valence-corrected chi connectivity index (χ3v) is 1.26. The van der Waals surface area contributed by atoms with Crippen molar-refractivity contribution in [2.45, 2.75) is 6.92 Å². The molecule has 0 saturated carbocycles. The number of hydrogen-bond acceptors (Lipinski definition) is 4. The molecule has 0 rings (SSSR count). The van der Waals surface area contributed by atoms with E-state index in [0.717, 1.165) is 0 Å². The second-order valence-electron chi connectivity index (χ2n) is 2.27.